The third-order valence-electron chi connectivity index (χ3n) is 2.46. The highest BCUT2D eigenvalue weighted by Gasteiger charge is 2.15. The zero-order chi connectivity index (χ0) is 12.8. The highest BCUT2D eigenvalue weighted by molar-refractivity contribution is 6.30. The molecule has 0 fully saturated rings. The molecular weight excluding hydrogens is 242 g/mol. The van der Waals surface area contributed by atoms with Crippen LogP contribution in [0.5, 0.6) is 5.75 Å². The van der Waals surface area contributed by atoms with E-state index in [4.69, 9.17) is 21.4 Å². The second-order valence-electron chi connectivity index (χ2n) is 3.61. The van der Waals surface area contributed by atoms with Crippen molar-refractivity contribution in [1.29, 1.82) is 0 Å². The molecule has 94 valence electrons. The van der Waals surface area contributed by atoms with Gasteiger partial charge in [-0.25, -0.2) is 0 Å². The van der Waals surface area contributed by atoms with Gasteiger partial charge in [0.1, 0.15) is 5.75 Å². The number of aliphatic hydroxyl groups is 1. The van der Waals surface area contributed by atoms with E-state index in [0.717, 1.165) is 0 Å². The summed E-state index contributed by atoms with van der Waals surface area (Å²) in [6.45, 7) is 1.80. The smallest absolute Gasteiger partial charge is 0.255 e. The maximum atomic E-state index is 11.9. The number of aliphatic hydroxyl groups excluding tert-OH is 1. The van der Waals surface area contributed by atoms with Crippen molar-refractivity contribution in [1.82, 2.24) is 5.32 Å². The maximum absolute atomic E-state index is 11.9. The summed E-state index contributed by atoms with van der Waals surface area (Å²) >= 11 is 5.81. The molecule has 0 spiro atoms. The number of ether oxygens (including phenoxy) is 1. The third kappa shape index (κ3) is 3.61. The number of methoxy groups -OCH3 is 1. The minimum Gasteiger partial charge on any atom is -0.496 e. The number of carbonyl (C=O) groups is 1. The van der Waals surface area contributed by atoms with Gasteiger partial charge in [-0.3, -0.25) is 4.79 Å². The van der Waals surface area contributed by atoms with Crippen molar-refractivity contribution in [2.75, 3.05) is 13.7 Å². The molecule has 0 radical (unpaired) electrons. The molecule has 1 atom stereocenters. The van der Waals surface area contributed by atoms with E-state index in [0.29, 0.717) is 22.8 Å². The predicted molar refractivity (Wildman–Crippen MR) is 66.6 cm³/mol. The van der Waals surface area contributed by atoms with Crippen LogP contribution in [-0.4, -0.2) is 30.8 Å². The molecule has 1 aromatic carbocycles. The molecule has 0 aliphatic heterocycles. The van der Waals surface area contributed by atoms with Crippen LogP contribution >= 0.6 is 11.6 Å². The maximum Gasteiger partial charge on any atom is 0.255 e. The highest BCUT2D eigenvalue weighted by atomic mass is 35.5. The predicted octanol–water partition coefficient (Wildman–Crippen LogP) is 1.85. The van der Waals surface area contributed by atoms with Gasteiger partial charge >= 0.3 is 0 Å². The van der Waals surface area contributed by atoms with E-state index in [1.54, 1.807) is 18.2 Å². The van der Waals surface area contributed by atoms with Gasteiger partial charge in [-0.2, -0.15) is 0 Å². The van der Waals surface area contributed by atoms with E-state index in [1.807, 2.05) is 6.92 Å². The number of nitrogens with one attached hydrogen (secondary N) is 1. The SMILES string of the molecule is CC[C@@H](CO)NC(=O)c1ccc(Cl)cc1OC. The molecule has 4 nitrogen and oxygen atoms in total. The minimum absolute atomic E-state index is 0.0852. The highest BCUT2D eigenvalue weighted by Crippen LogP contribution is 2.23. The molecule has 0 aromatic heterocycles. The number of rotatable bonds is 5. The van der Waals surface area contributed by atoms with Crippen molar-refractivity contribution in [3.05, 3.63) is 28.8 Å². The number of hydrogen-bond acceptors (Lipinski definition) is 3. The summed E-state index contributed by atoms with van der Waals surface area (Å²) in [5.74, 6) is 0.141. The molecule has 5 heteroatoms. The van der Waals surface area contributed by atoms with Gasteiger partial charge in [0.25, 0.3) is 5.91 Å². The molecule has 0 saturated carbocycles. The Morgan fingerprint density at radius 1 is 1.59 bits per heavy atom. The summed E-state index contributed by atoms with van der Waals surface area (Å²) in [6, 6.07) is 4.55. The average molecular weight is 258 g/mol. The molecular formula is C12H16ClNO3. The van der Waals surface area contributed by atoms with E-state index in [-0.39, 0.29) is 18.6 Å². The van der Waals surface area contributed by atoms with Gasteiger partial charge < -0.3 is 15.2 Å². The van der Waals surface area contributed by atoms with Gasteiger partial charge in [-0.15, -0.1) is 0 Å². The summed E-state index contributed by atoms with van der Waals surface area (Å²) in [7, 11) is 1.48. The molecule has 1 aromatic rings. The third-order valence-corrected chi connectivity index (χ3v) is 2.69. The van der Waals surface area contributed by atoms with Gasteiger partial charge in [-0.1, -0.05) is 18.5 Å². The number of benzene rings is 1. The van der Waals surface area contributed by atoms with Gasteiger partial charge in [0, 0.05) is 5.02 Å². The van der Waals surface area contributed by atoms with E-state index < -0.39 is 0 Å². The number of amides is 1. The Morgan fingerprint density at radius 2 is 2.29 bits per heavy atom. The molecule has 1 amide bonds. The largest absolute Gasteiger partial charge is 0.496 e. The number of carbonyl (C=O) groups excluding carboxylic acids is 1. The molecule has 0 aliphatic carbocycles. The lowest BCUT2D eigenvalue weighted by Crippen LogP contribution is -2.37. The lowest BCUT2D eigenvalue weighted by Gasteiger charge is -2.15. The normalized spacial score (nSPS) is 12.0. The second-order valence-corrected chi connectivity index (χ2v) is 4.04. The standard InChI is InChI=1S/C12H16ClNO3/c1-3-9(7-15)14-12(16)10-5-4-8(13)6-11(10)17-2/h4-6,9,15H,3,7H2,1-2H3,(H,14,16)/t9-/m0/s1. The first kappa shape index (κ1) is 13.8. The zero-order valence-electron chi connectivity index (χ0n) is 9.87. The summed E-state index contributed by atoms with van der Waals surface area (Å²) in [5, 5.41) is 12.2. The Labute approximate surface area is 106 Å². The Bertz CT molecular complexity index is 391. The van der Waals surface area contributed by atoms with E-state index >= 15 is 0 Å². The first-order valence-electron chi connectivity index (χ1n) is 5.37. The molecule has 2 N–H and O–H groups in total. The van der Waals surface area contributed by atoms with Crippen molar-refractivity contribution in [2.45, 2.75) is 19.4 Å². The van der Waals surface area contributed by atoms with Crippen molar-refractivity contribution in [3.8, 4) is 5.75 Å². The van der Waals surface area contributed by atoms with Crippen molar-refractivity contribution in [3.63, 3.8) is 0 Å². The van der Waals surface area contributed by atoms with Crippen LogP contribution in [0.1, 0.15) is 23.7 Å². The molecule has 0 heterocycles. The van der Waals surface area contributed by atoms with Crippen LogP contribution in [0.3, 0.4) is 0 Å². The Balaban J connectivity index is 2.88. The lowest BCUT2D eigenvalue weighted by molar-refractivity contribution is 0.0912. The van der Waals surface area contributed by atoms with Crippen LogP contribution in [0, 0.1) is 0 Å². The summed E-state index contributed by atoms with van der Waals surface area (Å²) in [6.07, 6.45) is 0.665. The van der Waals surface area contributed by atoms with Gasteiger partial charge in [0.15, 0.2) is 0 Å². The quantitative estimate of drug-likeness (QED) is 0.846. The van der Waals surface area contributed by atoms with Crippen LogP contribution in [0.2, 0.25) is 5.02 Å². The Kier molecular flexibility index (Phi) is 5.25. The van der Waals surface area contributed by atoms with Crippen LogP contribution in [0.4, 0.5) is 0 Å². The summed E-state index contributed by atoms with van der Waals surface area (Å²) in [4.78, 5) is 11.9. The van der Waals surface area contributed by atoms with E-state index in [1.165, 1.54) is 7.11 Å². The monoisotopic (exact) mass is 257 g/mol. The Morgan fingerprint density at radius 3 is 2.82 bits per heavy atom. The first-order valence-corrected chi connectivity index (χ1v) is 5.75. The summed E-state index contributed by atoms with van der Waals surface area (Å²) < 4.78 is 5.09. The van der Waals surface area contributed by atoms with Crippen molar-refractivity contribution >= 4 is 17.5 Å². The Hall–Kier alpha value is -1.26. The van der Waals surface area contributed by atoms with Crippen LogP contribution in [0.15, 0.2) is 18.2 Å². The minimum atomic E-state index is -0.278. The van der Waals surface area contributed by atoms with Crippen LogP contribution < -0.4 is 10.1 Å². The fraction of sp³-hybridized carbons (Fsp3) is 0.417. The van der Waals surface area contributed by atoms with Gasteiger partial charge in [0.05, 0.1) is 25.3 Å². The molecule has 1 rings (SSSR count). The van der Waals surface area contributed by atoms with Crippen LogP contribution in [-0.2, 0) is 0 Å². The molecule has 17 heavy (non-hydrogen) atoms. The molecule has 0 saturated heterocycles. The fourth-order valence-electron chi connectivity index (χ4n) is 1.39. The summed E-state index contributed by atoms with van der Waals surface area (Å²) in [5.41, 5.74) is 0.406. The topological polar surface area (TPSA) is 58.6 Å². The number of hydrogen-bond donors (Lipinski definition) is 2. The zero-order valence-corrected chi connectivity index (χ0v) is 10.6. The van der Waals surface area contributed by atoms with Gasteiger partial charge in [0.2, 0.25) is 0 Å². The lowest BCUT2D eigenvalue weighted by atomic mass is 10.1. The molecule has 0 aliphatic rings. The van der Waals surface area contributed by atoms with Crippen molar-refractivity contribution < 1.29 is 14.6 Å². The second kappa shape index (κ2) is 6.47. The van der Waals surface area contributed by atoms with Crippen LogP contribution in [0.25, 0.3) is 0 Å². The number of halogens is 1. The van der Waals surface area contributed by atoms with E-state index in [9.17, 15) is 4.79 Å². The average Bonchev–Trinajstić information content (AvgIpc) is 2.35. The van der Waals surface area contributed by atoms with Crippen molar-refractivity contribution in [2.24, 2.45) is 0 Å². The molecule has 0 bridgehead atoms. The first-order chi connectivity index (χ1) is 8.12. The molecule has 0 unspecified atom stereocenters. The fourth-order valence-corrected chi connectivity index (χ4v) is 1.55. The van der Waals surface area contributed by atoms with Gasteiger partial charge in [-0.05, 0) is 24.6 Å². The van der Waals surface area contributed by atoms with E-state index in [2.05, 4.69) is 5.32 Å².